The summed E-state index contributed by atoms with van der Waals surface area (Å²) in [5.41, 5.74) is 0.513. The van der Waals surface area contributed by atoms with Crippen LogP contribution in [0, 0.1) is 5.82 Å². The maximum atomic E-state index is 13.5. The van der Waals surface area contributed by atoms with Crippen molar-refractivity contribution in [2.75, 3.05) is 29.4 Å². The maximum Gasteiger partial charge on any atom is 0.264 e. The highest BCUT2D eigenvalue weighted by Crippen LogP contribution is 2.34. The summed E-state index contributed by atoms with van der Waals surface area (Å²) in [5, 5.41) is 3.01. The van der Waals surface area contributed by atoms with Crippen molar-refractivity contribution in [2.45, 2.75) is 4.90 Å². The Morgan fingerprint density at radius 1 is 1.03 bits per heavy atom. The zero-order chi connectivity index (χ0) is 23.6. The highest BCUT2D eigenvalue weighted by atomic mass is 79.9. The van der Waals surface area contributed by atoms with Crippen molar-refractivity contribution in [1.82, 2.24) is 0 Å². The van der Waals surface area contributed by atoms with Gasteiger partial charge in [0.25, 0.3) is 10.0 Å². The fourth-order valence-electron chi connectivity index (χ4n) is 3.14. The van der Waals surface area contributed by atoms with Crippen molar-refractivity contribution in [3.05, 3.63) is 76.0 Å². The molecule has 0 bridgehead atoms. The van der Waals surface area contributed by atoms with Crippen LogP contribution < -0.4 is 19.1 Å². The minimum Gasteiger partial charge on any atom is -0.486 e. The number of hydrogen-bond acceptors (Lipinski definition) is 5. The second kappa shape index (κ2) is 9.58. The molecule has 7 nitrogen and oxygen atoms in total. The lowest BCUT2D eigenvalue weighted by molar-refractivity contribution is -0.114. The molecule has 0 unspecified atom stereocenters. The average molecular weight is 556 g/mol. The molecule has 1 aliphatic rings. The number of anilines is 2. The second-order valence-electron chi connectivity index (χ2n) is 6.97. The molecular formula is C22H17BrClFN2O5S. The van der Waals surface area contributed by atoms with Gasteiger partial charge in [-0.3, -0.25) is 9.10 Å². The Labute approximate surface area is 203 Å². The Morgan fingerprint density at radius 2 is 1.73 bits per heavy atom. The predicted octanol–water partition coefficient (Wildman–Crippen LogP) is 4.85. The number of benzene rings is 3. The topological polar surface area (TPSA) is 84.9 Å². The van der Waals surface area contributed by atoms with Crippen LogP contribution in [0.2, 0.25) is 5.02 Å². The number of ether oxygens (including phenoxy) is 2. The van der Waals surface area contributed by atoms with E-state index in [4.69, 9.17) is 21.1 Å². The first kappa shape index (κ1) is 23.3. The SMILES string of the molecule is O=C(CN(c1ccc(F)cc1)S(=O)(=O)c1ccc2c(c1)OCCO2)Nc1ccc(Br)c(Cl)c1. The van der Waals surface area contributed by atoms with Crippen molar-refractivity contribution < 1.29 is 27.1 Å². The lowest BCUT2D eigenvalue weighted by atomic mass is 10.3. The van der Waals surface area contributed by atoms with E-state index in [0.29, 0.717) is 27.5 Å². The second-order valence-corrected chi connectivity index (χ2v) is 10.1. The van der Waals surface area contributed by atoms with Gasteiger partial charge >= 0.3 is 0 Å². The van der Waals surface area contributed by atoms with Crippen LogP contribution in [0.4, 0.5) is 15.8 Å². The van der Waals surface area contributed by atoms with E-state index in [1.165, 1.54) is 36.4 Å². The Hall–Kier alpha value is -2.82. The van der Waals surface area contributed by atoms with Crippen molar-refractivity contribution in [3.63, 3.8) is 0 Å². The van der Waals surface area contributed by atoms with Crippen LogP contribution >= 0.6 is 27.5 Å². The van der Waals surface area contributed by atoms with E-state index in [-0.39, 0.29) is 22.9 Å². The highest BCUT2D eigenvalue weighted by Gasteiger charge is 2.29. The van der Waals surface area contributed by atoms with Crippen LogP contribution in [-0.2, 0) is 14.8 Å². The summed E-state index contributed by atoms with van der Waals surface area (Å²) < 4.78 is 53.0. The molecule has 1 aliphatic heterocycles. The van der Waals surface area contributed by atoms with Gasteiger partial charge in [0.2, 0.25) is 5.91 Å². The number of nitrogens with one attached hydrogen (secondary N) is 1. The molecule has 0 aromatic heterocycles. The van der Waals surface area contributed by atoms with E-state index >= 15 is 0 Å². The number of nitrogens with zero attached hydrogens (tertiary/aromatic N) is 1. The summed E-state index contributed by atoms with van der Waals surface area (Å²) in [6.07, 6.45) is 0. The van der Waals surface area contributed by atoms with Crippen LogP contribution in [0.5, 0.6) is 11.5 Å². The average Bonchev–Trinajstić information content (AvgIpc) is 2.80. The van der Waals surface area contributed by atoms with Gasteiger partial charge < -0.3 is 14.8 Å². The van der Waals surface area contributed by atoms with Gasteiger partial charge in [0.05, 0.1) is 15.6 Å². The molecular weight excluding hydrogens is 539 g/mol. The molecule has 1 amide bonds. The summed E-state index contributed by atoms with van der Waals surface area (Å²) in [6.45, 7) is 0.0907. The quantitative estimate of drug-likeness (QED) is 0.470. The van der Waals surface area contributed by atoms with Gasteiger partial charge in [-0.15, -0.1) is 0 Å². The molecule has 1 N–H and O–H groups in total. The van der Waals surface area contributed by atoms with Gasteiger partial charge in [-0.25, -0.2) is 12.8 Å². The first-order valence-corrected chi connectivity index (χ1v) is 12.3. The van der Waals surface area contributed by atoms with Gasteiger partial charge in [-0.1, -0.05) is 11.6 Å². The number of amides is 1. The van der Waals surface area contributed by atoms with E-state index in [1.54, 1.807) is 12.1 Å². The molecule has 33 heavy (non-hydrogen) atoms. The van der Waals surface area contributed by atoms with E-state index in [1.807, 2.05) is 0 Å². The number of sulfonamides is 1. The highest BCUT2D eigenvalue weighted by molar-refractivity contribution is 9.10. The fraction of sp³-hybridized carbons (Fsp3) is 0.136. The van der Waals surface area contributed by atoms with E-state index in [2.05, 4.69) is 21.2 Å². The summed E-state index contributed by atoms with van der Waals surface area (Å²) in [6, 6.07) is 13.8. The molecule has 0 saturated carbocycles. The third-order valence-corrected chi connectivity index (χ3v) is 7.71. The molecule has 3 aromatic rings. The van der Waals surface area contributed by atoms with Crippen LogP contribution in [0.25, 0.3) is 0 Å². The maximum absolute atomic E-state index is 13.5. The third-order valence-electron chi connectivity index (χ3n) is 4.71. The molecule has 4 rings (SSSR count). The number of fused-ring (bicyclic) bond motifs is 1. The van der Waals surface area contributed by atoms with Crippen LogP contribution in [-0.4, -0.2) is 34.1 Å². The summed E-state index contributed by atoms with van der Waals surface area (Å²) in [7, 11) is -4.22. The predicted molar refractivity (Wildman–Crippen MR) is 126 cm³/mol. The number of carbonyl (C=O) groups excluding carboxylic acids is 1. The lowest BCUT2D eigenvalue weighted by Gasteiger charge is -2.25. The molecule has 0 fully saturated rings. The normalized spacial score (nSPS) is 12.8. The minimum absolute atomic E-state index is 0.101. The van der Waals surface area contributed by atoms with Gasteiger partial charge in [0, 0.05) is 16.2 Å². The molecule has 11 heteroatoms. The van der Waals surface area contributed by atoms with Crippen LogP contribution in [0.3, 0.4) is 0 Å². The summed E-state index contributed by atoms with van der Waals surface area (Å²) >= 11 is 9.33. The van der Waals surface area contributed by atoms with Gasteiger partial charge in [-0.05, 0) is 70.5 Å². The standard InChI is InChI=1S/C22H17BrClFN2O5S/c23-18-7-3-15(11-19(18)24)26-22(28)13-27(16-4-1-14(25)2-5-16)33(29,30)17-6-8-20-21(12-17)32-10-9-31-20/h1-8,11-12H,9-10,13H2,(H,26,28). The number of rotatable bonds is 6. The largest absolute Gasteiger partial charge is 0.486 e. The van der Waals surface area contributed by atoms with Crippen LogP contribution in [0.15, 0.2) is 70.0 Å². The molecule has 0 spiro atoms. The zero-order valence-electron chi connectivity index (χ0n) is 16.9. The van der Waals surface area contributed by atoms with Crippen molar-refractivity contribution in [2.24, 2.45) is 0 Å². The van der Waals surface area contributed by atoms with Crippen molar-refractivity contribution in [1.29, 1.82) is 0 Å². The molecule has 0 radical (unpaired) electrons. The third kappa shape index (κ3) is 5.23. The Balaban J connectivity index is 1.66. The molecule has 172 valence electrons. The van der Waals surface area contributed by atoms with E-state index < -0.39 is 28.3 Å². The Bertz CT molecular complexity index is 1300. The molecule has 1 heterocycles. The monoisotopic (exact) mass is 554 g/mol. The molecule has 0 saturated heterocycles. The van der Waals surface area contributed by atoms with Crippen molar-refractivity contribution in [3.8, 4) is 11.5 Å². The molecule has 3 aromatic carbocycles. The van der Waals surface area contributed by atoms with E-state index in [0.717, 1.165) is 16.4 Å². The van der Waals surface area contributed by atoms with Crippen molar-refractivity contribution >= 4 is 54.8 Å². The number of halogens is 3. The molecule has 0 aliphatic carbocycles. The fourth-order valence-corrected chi connectivity index (χ4v) is 5.00. The lowest BCUT2D eigenvalue weighted by Crippen LogP contribution is -2.38. The van der Waals surface area contributed by atoms with Gasteiger partial charge in [0.1, 0.15) is 25.6 Å². The summed E-state index contributed by atoms with van der Waals surface area (Å²) in [4.78, 5) is 12.7. The molecule has 0 atom stereocenters. The number of hydrogen-bond donors (Lipinski definition) is 1. The smallest absolute Gasteiger partial charge is 0.264 e. The number of carbonyl (C=O) groups is 1. The Kier molecular flexibility index (Phi) is 6.78. The first-order chi connectivity index (χ1) is 15.7. The van der Waals surface area contributed by atoms with Gasteiger partial charge in [-0.2, -0.15) is 0 Å². The van der Waals surface area contributed by atoms with Crippen LogP contribution in [0.1, 0.15) is 0 Å². The first-order valence-electron chi connectivity index (χ1n) is 9.67. The minimum atomic E-state index is -4.22. The van der Waals surface area contributed by atoms with Gasteiger partial charge in [0.15, 0.2) is 11.5 Å². The summed E-state index contributed by atoms with van der Waals surface area (Å²) in [5.74, 6) is -0.433. The van der Waals surface area contributed by atoms with E-state index in [9.17, 15) is 17.6 Å². The zero-order valence-corrected chi connectivity index (χ0v) is 20.1. The Morgan fingerprint density at radius 3 is 2.42 bits per heavy atom.